The van der Waals surface area contributed by atoms with E-state index in [2.05, 4.69) is 0 Å². The van der Waals surface area contributed by atoms with E-state index in [1.165, 1.54) is 23.0 Å². The average molecular weight is 316 g/mol. The lowest BCUT2D eigenvalue weighted by Gasteiger charge is -2.09. The monoisotopic (exact) mass is 316 g/mol. The Morgan fingerprint density at radius 1 is 1.09 bits per heavy atom. The van der Waals surface area contributed by atoms with Crippen molar-refractivity contribution >= 4 is 21.6 Å². The van der Waals surface area contributed by atoms with Crippen LogP contribution in [0.3, 0.4) is 0 Å². The van der Waals surface area contributed by atoms with Crippen LogP contribution in [0.15, 0.2) is 39.9 Å². The fourth-order valence-corrected chi connectivity index (χ4v) is 3.53. The first-order valence-electron chi connectivity index (χ1n) is 6.86. The van der Waals surface area contributed by atoms with Gasteiger partial charge in [0.05, 0.1) is 0 Å². The minimum absolute atomic E-state index is 0.277. The Morgan fingerprint density at radius 2 is 1.77 bits per heavy atom. The topological polar surface area (TPSA) is 53.2 Å². The van der Waals surface area contributed by atoms with E-state index in [0.717, 1.165) is 15.0 Å². The van der Waals surface area contributed by atoms with Crippen molar-refractivity contribution in [3.05, 3.63) is 61.6 Å². The Kier molecular flexibility index (Phi) is 3.62. The Hall–Kier alpha value is -2.34. The standard InChI is InChI=1S/C16H16N2O3S/c1-10-13(21-9-11-7-5-4-6-8-11)12-14(22-10)15(19)18(3)16(20)17(12)2/h4-8H,9H2,1-3H3. The molecule has 0 aliphatic carbocycles. The predicted molar refractivity (Wildman–Crippen MR) is 87.8 cm³/mol. The molecule has 114 valence electrons. The van der Waals surface area contributed by atoms with Gasteiger partial charge in [0.25, 0.3) is 5.56 Å². The number of aromatic nitrogens is 2. The number of nitrogens with zero attached hydrogens (tertiary/aromatic N) is 2. The van der Waals surface area contributed by atoms with Crippen molar-refractivity contribution in [2.45, 2.75) is 13.5 Å². The molecular formula is C16H16N2O3S. The highest BCUT2D eigenvalue weighted by Crippen LogP contribution is 2.34. The van der Waals surface area contributed by atoms with Crippen molar-refractivity contribution in [3.63, 3.8) is 0 Å². The van der Waals surface area contributed by atoms with Gasteiger partial charge in [-0.15, -0.1) is 11.3 Å². The molecule has 3 rings (SSSR count). The van der Waals surface area contributed by atoms with Gasteiger partial charge in [0.2, 0.25) is 0 Å². The number of hydrogen-bond donors (Lipinski definition) is 0. The Morgan fingerprint density at radius 3 is 2.45 bits per heavy atom. The molecule has 5 nitrogen and oxygen atoms in total. The molecule has 0 aliphatic rings. The molecule has 0 atom stereocenters. The molecule has 0 fully saturated rings. The van der Waals surface area contributed by atoms with E-state index < -0.39 is 0 Å². The lowest BCUT2D eigenvalue weighted by Crippen LogP contribution is -2.36. The maximum Gasteiger partial charge on any atom is 0.331 e. The number of aryl methyl sites for hydroxylation is 2. The van der Waals surface area contributed by atoms with Gasteiger partial charge in [0.15, 0.2) is 5.75 Å². The van der Waals surface area contributed by atoms with Crippen molar-refractivity contribution in [3.8, 4) is 5.75 Å². The zero-order chi connectivity index (χ0) is 15.9. The molecule has 6 heteroatoms. The van der Waals surface area contributed by atoms with E-state index in [0.29, 0.717) is 22.6 Å². The fraction of sp³-hybridized carbons (Fsp3) is 0.250. The molecule has 3 aromatic rings. The molecule has 0 N–H and O–H groups in total. The van der Waals surface area contributed by atoms with Gasteiger partial charge in [0, 0.05) is 19.0 Å². The van der Waals surface area contributed by atoms with Gasteiger partial charge in [-0.3, -0.25) is 13.9 Å². The second kappa shape index (κ2) is 5.46. The molecule has 0 unspecified atom stereocenters. The largest absolute Gasteiger partial charge is 0.486 e. The van der Waals surface area contributed by atoms with Crippen LogP contribution in [0.25, 0.3) is 10.2 Å². The lowest BCUT2D eigenvalue weighted by atomic mass is 10.2. The van der Waals surface area contributed by atoms with E-state index in [9.17, 15) is 9.59 Å². The lowest BCUT2D eigenvalue weighted by molar-refractivity contribution is 0.308. The van der Waals surface area contributed by atoms with E-state index in [1.54, 1.807) is 7.05 Å². The molecule has 0 amide bonds. The first kappa shape index (κ1) is 14.6. The first-order chi connectivity index (χ1) is 10.5. The van der Waals surface area contributed by atoms with E-state index in [-0.39, 0.29) is 11.2 Å². The highest BCUT2D eigenvalue weighted by Gasteiger charge is 2.18. The maximum absolute atomic E-state index is 12.2. The normalized spacial score (nSPS) is 11.0. The summed E-state index contributed by atoms with van der Waals surface area (Å²) in [5.41, 5.74) is 0.988. The summed E-state index contributed by atoms with van der Waals surface area (Å²) in [5, 5.41) is 0. The van der Waals surface area contributed by atoms with Gasteiger partial charge in [-0.2, -0.15) is 0 Å². The highest BCUT2D eigenvalue weighted by molar-refractivity contribution is 7.19. The first-order valence-corrected chi connectivity index (χ1v) is 7.68. The van der Waals surface area contributed by atoms with Gasteiger partial charge in [-0.1, -0.05) is 30.3 Å². The predicted octanol–water partition coefficient (Wildman–Crippen LogP) is 2.19. The van der Waals surface area contributed by atoms with Crippen LogP contribution >= 0.6 is 11.3 Å². The average Bonchev–Trinajstić information content (AvgIpc) is 2.86. The molecule has 2 heterocycles. The van der Waals surface area contributed by atoms with Crippen LogP contribution in [0, 0.1) is 6.92 Å². The van der Waals surface area contributed by atoms with E-state index in [1.807, 2.05) is 37.3 Å². The van der Waals surface area contributed by atoms with Gasteiger partial charge in [-0.25, -0.2) is 4.79 Å². The van der Waals surface area contributed by atoms with Crippen molar-refractivity contribution < 1.29 is 4.74 Å². The second-order valence-corrected chi connectivity index (χ2v) is 6.37. The zero-order valence-electron chi connectivity index (χ0n) is 12.6. The fourth-order valence-electron chi connectivity index (χ4n) is 2.43. The SMILES string of the molecule is Cc1sc2c(=O)n(C)c(=O)n(C)c2c1OCc1ccccc1. The van der Waals surface area contributed by atoms with Crippen LogP contribution in [0.2, 0.25) is 0 Å². The van der Waals surface area contributed by atoms with Crippen molar-refractivity contribution in [2.75, 3.05) is 0 Å². The minimum atomic E-state index is -0.347. The quantitative estimate of drug-likeness (QED) is 0.744. The molecular weight excluding hydrogens is 300 g/mol. The number of hydrogen-bond acceptors (Lipinski definition) is 4. The molecule has 0 saturated heterocycles. The molecule has 0 bridgehead atoms. The van der Waals surface area contributed by atoms with Gasteiger partial charge in [0.1, 0.15) is 16.8 Å². The van der Waals surface area contributed by atoms with Crippen LogP contribution in [0.4, 0.5) is 0 Å². The third kappa shape index (κ3) is 2.25. The van der Waals surface area contributed by atoms with Crippen molar-refractivity contribution in [2.24, 2.45) is 14.1 Å². The smallest absolute Gasteiger partial charge is 0.331 e. The summed E-state index contributed by atoms with van der Waals surface area (Å²) in [6.45, 7) is 2.30. The van der Waals surface area contributed by atoms with Crippen LogP contribution < -0.4 is 16.0 Å². The Labute approximate surface area is 131 Å². The van der Waals surface area contributed by atoms with E-state index >= 15 is 0 Å². The molecule has 0 saturated carbocycles. The second-order valence-electron chi connectivity index (χ2n) is 5.15. The van der Waals surface area contributed by atoms with Gasteiger partial charge < -0.3 is 4.74 Å². The summed E-state index contributed by atoms with van der Waals surface area (Å²) in [4.78, 5) is 25.3. The number of ether oxygens (including phenoxy) is 1. The molecule has 22 heavy (non-hydrogen) atoms. The van der Waals surface area contributed by atoms with Crippen molar-refractivity contribution in [1.82, 2.24) is 9.13 Å². The van der Waals surface area contributed by atoms with E-state index in [4.69, 9.17) is 4.74 Å². The highest BCUT2D eigenvalue weighted by atomic mass is 32.1. The summed E-state index contributed by atoms with van der Waals surface area (Å²) in [6.07, 6.45) is 0. The van der Waals surface area contributed by atoms with Crippen molar-refractivity contribution in [1.29, 1.82) is 0 Å². The van der Waals surface area contributed by atoms with Gasteiger partial charge in [-0.05, 0) is 12.5 Å². The zero-order valence-corrected chi connectivity index (χ0v) is 13.4. The minimum Gasteiger partial charge on any atom is -0.486 e. The van der Waals surface area contributed by atoms with Crippen LogP contribution in [-0.4, -0.2) is 9.13 Å². The van der Waals surface area contributed by atoms with Crippen LogP contribution in [-0.2, 0) is 20.7 Å². The summed E-state index contributed by atoms with van der Waals surface area (Å²) in [5.74, 6) is 0.612. The summed E-state index contributed by atoms with van der Waals surface area (Å²) >= 11 is 1.36. The molecule has 0 aliphatic heterocycles. The molecule has 0 radical (unpaired) electrons. The van der Waals surface area contributed by atoms with Gasteiger partial charge >= 0.3 is 5.69 Å². The van der Waals surface area contributed by atoms with Crippen LogP contribution in [0.1, 0.15) is 10.4 Å². The summed E-state index contributed by atoms with van der Waals surface area (Å²) in [6, 6.07) is 9.79. The molecule has 0 spiro atoms. The Bertz CT molecular complexity index is 951. The number of rotatable bonds is 3. The number of thiophene rings is 1. The third-order valence-electron chi connectivity index (χ3n) is 3.64. The summed E-state index contributed by atoms with van der Waals surface area (Å²) < 4.78 is 9.05. The maximum atomic E-state index is 12.2. The number of benzene rings is 1. The number of fused-ring (bicyclic) bond motifs is 1. The van der Waals surface area contributed by atoms with Crippen LogP contribution in [0.5, 0.6) is 5.75 Å². The Balaban J connectivity index is 2.12. The molecule has 2 aromatic heterocycles. The summed E-state index contributed by atoms with van der Waals surface area (Å²) in [7, 11) is 3.15. The third-order valence-corrected chi connectivity index (χ3v) is 4.70. The molecule has 1 aromatic carbocycles.